The van der Waals surface area contributed by atoms with Crippen LogP contribution in [-0.2, 0) is 0 Å². The summed E-state index contributed by atoms with van der Waals surface area (Å²) in [5, 5.41) is 5.07. The zero-order valence-electron chi connectivity index (χ0n) is 19.2. The van der Waals surface area contributed by atoms with Crippen molar-refractivity contribution in [1.82, 2.24) is 14.9 Å². The third kappa shape index (κ3) is 6.11. The molecule has 0 radical (unpaired) electrons. The number of methoxy groups -OCH3 is 2. The molecular formula is C25H31ClN4O2. The van der Waals surface area contributed by atoms with E-state index in [1.54, 1.807) is 14.2 Å². The van der Waals surface area contributed by atoms with Crippen LogP contribution in [0.1, 0.15) is 31.7 Å². The summed E-state index contributed by atoms with van der Waals surface area (Å²) >= 11 is 6.24. The number of ether oxygens (including phenoxy) is 2. The maximum absolute atomic E-state index is 6.24. The van der Waals surface area contributed by atoms with Gasteiger partial charge in [0.15, 0.2) is 17.3 Å². The van der Waals surface area contributed by atoms with Crippen LogP contribution in [0, 0.1) is 0 Å². The number of nitrogens with zero attached hydrogens (tertiary/aromatic N) is 3. The molecule has 7 heteroatoms. The van der Waals surface area contributed by atoms with E-state index in [1.807, 2.05) is 48.6 Å². The summed E-state index contributed by atoms with van der Waals surface area (Å²) in [7, 11) is 3.25. The van der Waals surface area contributed by atoms with Crippen molar-refractivity contribution in [2.75, 3.05) is 45.7 Å². The van der Waals surface area contributed by atoms with Crippen molar-refractivity contribution in [3.63, 3.8) is 0 Å². The van der Waals surface area contributed by atoms with Crippen LogP contribution < -0.4 is 14.8 Å². The van der Waals surface area contributed by atoms with Gasteiger partial charge in [0, 0.05) is 17.0 Å². The van der Waals surface area contributed by atoms with Crippen LogP contribution in [0.15, 0.2) is 36.4 Å². The van der Waals surface area contributed by atoms with Gasteiger partial charge in [0.05, 0.1) is 19.7 Å². The predicted molar refractivity (Wildman–Crippen MR) is 134 cm³/mol. The molecule has 0 spiro atoms. The summed E-state index contributed by atoms with van der Waals surface area (Å²) in [6.07, 6.45) is 4.89. The van der Waals surface area contributed by atoms with Gasteiger partial charge >= 0.3 is 0 Å². The first-order valence-electron chi connectivity index (χ1n) is 10.9. The average Bonchev–Trinajstić information content (AvgIpc) is 2.82. The summed E-state index contributed by atoms with van der Waals surface area (Å²) in [4.78, 5) is 11.9. The van der Waals surface area contributed by atoms with Gasteiger partial charge in [-0.05, 0) is 68.0 Å². The number of anilines is 1. The molecule has 0 fully saturated rings. The summed E-state index contributed by atoms with van der Waals surface area (Å²) in [6, 6.07) is 11.4. The van der Waals surface area contributed by atoms with E-state index in [1.165, 1.54) is 0 Å². The summed E-state index contributed by atoms with van der Waals surface area (Å²) in [5.74, 6) is 2.80. The number of benzene rings is 2. The number of fused-ring (bicyclic) bond motifs is 1. The molecule has 1 heterocycles. The first-order chi connectivity index (χ1) is 15.6. The van der Waals surface area contributed by atoms with Crippen molar-refractivity contribution >= 4 is 40.5 Å². The van der Waals surface area contributed by atoms with E-state index in [9.17, 15) is 0 Å². The van der Waals surface area contributed by atoms with Gasteiger partial charge in [0.1, 0.15) is 5.82 Å². The van der Waals surface area contributed by atoms with Crippen LogP contribution in [0.25, 0.3) is 23.1 Å². The fourth-order valence-electron chi connectivity index (χ4n) is 3.50. The highest BCUT2D eigenvalue weighted by molar-refractivity contribution is 6.31. The molecule has 2 aromatic carbocycles. The number of nitrogens with one attached hydrogen (secondary N) is 1. The molecular weight excluding hydrogens is 424 g/mol. The number of hydrogen-bond acceptors (Lipinski definition) is 6. The van der Waals surface area contributed by atoms with Gasteiger partial charge in [0.25, 0.3) is 0 Å². The molecule has 6 nitrogen and oxygen atoms in total. The van der Waals surface area contributed by atoms with Gasteiger partial charge < -0.3 is 19.7 Å². The smallest absolute Gasteiger partial charge is 0.161 e. The minimum Gasteiger partial charge on any atom is -0.493 e. The highest BCUT2D eigenvalue weighted by Crippen LogP contribution is 2.29. The molecule has 0 aliphatic carbocycles. The number of rotatable bonds is 11. The van der Waals surface area contributed by atoms with E-state index < -0.39 is 0 Å². The fourth-order valence-corrected chi connectivity index (χ4v) is 3.68. The third-order valence-electron chi connectivity index (χ3n) is 5.35. The first kappa shape index (κ1) is 23.8. The SMILES string of the molecule is CCN(CC)CCCNc1nc(/C=C/c2ccc(OC)c(OC)c2)nc2ccc(Cl)cc12. The lowest BCUT2D eigenvalue weighted by Crippen LogP contribution is -2.25. The second kappa shape index (κ2) is 11.7. The van der Waals surface area contributed by atoms with Crippen LogP contribution >= 0.6 is 11.6 Å². The van der Waals surface area contributed by atoms with Gasteiger partial charge in [-0.25, -0.2) is 9.97 Å². The Balaban J connectivity index is 1.83. The fraction of sp³-hybridized carbons (Fsp3) is 0.360. The molecule has 0 aliphatic rings. The van der Waals surface area contributed by atoms with Crippen molar-refractivity contribution in [3.8, 4) is 11.5 Å². The quantitative estimate of drug-likeness (QED) is 0.380. The molecule has 0 bridgehead atoms. The largest absolute Gasteiger partial charge is 0.493 e. The van der Waals surface area contributed by atoms with Crippen molar-refractivity contribution in [1.29, 1.82) is 0 Å². The maximum atomic E-state index is 6.24. The predicted octanol–water partition coefficient (Wildman–Crippen LogP) is 5.61. The van der Waals surface area contributed by atoms with Gasteiger partial charge in [-0.2, -0.15) is 0 Å². The van der Waals surface area contributed by atoms with E-state index in [2.05, 4.69) is 24.1 Å². The molecule has 0 unspecified atom stereocenters. The Hall–Kier alpha value is -2.83. The third-order valence-corrected chi connectivity index (χ3v) is 5.58. The van der Waals surface area contributed by atoms with E-state index in [-0.39, 0.29) is 0 Å². The molecule has 3 aromatic rings. The Kier molecular flexibility index (Phi) is 8.71. The zero-order chi connectivity index (χ0) is 22.9. The lowest BCUT2D eigenvalue weighted by Gasteiger charge is -2.18. The summed E-state index contributed by atoms with van der Waals surface area (Å²) < 4.78 is 10.7. The normalized spacial score (nSPS) is 11.4. The minimum atomic E-state index is 0.626. The molecule has 1 N–H and O–H groups in total. The number of hydrogen-bond donors (Lipinski definition) is 1. The minimum absolute atomic E-state index is 0.626. The second-order valence-electron chi connectivity index (χ2n) is 7.35. The molecule has 0 saturated carbocycles. The second-order valence-corrected chi connectivity index (χ2v) is 7.78. The van der Waals surface area contributed by atoms with Crippen LogP contribution in [0.5, 0.6) is 11.5 Å². The van der Waals surface area contributed by atoms with Gasteiger partial charge in [0.2, 0.25) is 0 Å². The molecule has 0 atom stereocenters. The molecule has 3 rings (SSSR count). The Labute approximate surface area is 195 Å². The Bertz CT molecular complexity index is 1070. The summed E-state index contributed by atoms with van der Waals surface area (Å²) in [6.45, 7) is 8.38. The Morgan fingerprint density at radius 1 is 0.969 bits per heavy atom. The van der Waals surface area contributed by atoms with Gasteiger partial charge in [-0.15, -0.1) is 0 Å². The van der Waals surface area contributed by atoms with Crippen LogP contribution in [-0.4, -0.2) is 55.3 Å². The highest BCUT2D eigenvalue weighted by atomic mass is 35.5. The van der Waals surface area contributed by atoms with Crippen LogP contribution in [0.4, 0.5) is 5.82 Å². The molecule has 0 amide bonds. The monoisotopic (exact) mass is 454 g/mol. The molecule has 0 saturated heterocycles. The van der Waals surface area contributed by atoms with E-state index in [0.717, 1.165) is 54.9 Å². The van der Waals surface area contributed by atoms with E-state index >= 15 is 0 Å². The molecule has 1 aromatic heterocycles. The highest BCUT2D eigenvalue weighted by Gasteiger charge is 2.08. The van der Waals surface area contributed by atoms with Crippen molar-refractivity contribution in [3.05, 3.63) is 52.8 Å². The van der Waals surface area contributed by atoms with Gasteiger partial charge in [-0.1, -0.05) is 37.6 Å². The van der Waals surface area contributed by atoms with Crippen molar-refractivity contribution in [2.24, 2.45) is 0 Å². The van der Waals surface area contributed by atoms with E-state index in [0.29, 0.717) is 22.3 Å². The first-order valence-corrected chi connectivity index (χ1v) is 11.3. The topological polar surface area (TPSA) is 59.5 Å². The maximum Gasteiger partial charge on any atom is 0.161 e. The lowest BCUT2D eigenvalue weighted by molar-refractivity contribution is 0.303. The number of halogens is 1. The number of aromatic nitrogens is 2. The van der Waals surface area contributed by atoms with Crippen molar-refractivity contribution in [2.45, 2.75) is 20.3 Å². The molecule has 32 heavy (non-hydrogen) atoms. The van der Waals surface area contributed by atoms with Crippen LogP contribution in [0.3, 0.4) is 0 Å². The standard InChI is InChI=1S/C25H31ClN4O2/c1-5-30(6-2)15-7-14-27-25-20-17-19(26)10-11-21(20)28-24(29-25)13-9-18-8-12-22(31-3)23(16-18)32-4/h8-13,16-17H,5-7,14-15H2,1-4H3,(H,27,28,29)/b13-9+. The Morgan fingerprint density at radius 2 is 1.75 bits per heavy atom. The average molecular weight is 455 g/mol. The lowest BCUT2D eigenvalue weighted by atomic mass is 10.2. The molecule has 0 aliphatic heterocycles. The summed E-state index contributed by atoms with van der Waals surface area (Å²) in [5.41, 5.74) is 1.82. The zero-order valence-corrected chi connectivity index (χ0v) is 19.9. The van der Waals surface area contributed by atoms with Gasteiger partial charge in [-0.3, -0.25) is 0 Å². The van der Waals surface area contributed by atoms with E-state index in [4.69, 9.17) is 31.0 Å². The van der Waals surface area contributed by atoms with Crippen LogP contribution in [0.2, 0.25) is 5.02 Å². The molecule has 170 valence electrons. The Morgan fingerprint density at radius 3 is 2.47 bits per heavy atom. The van der Waals surface area contributed by atoms with Crippen molar-refractivity contribution < 1.29 is 9.47 Å².